The second-order valence-electron chi connectivity index (χ2n) is 6.09. The topological polar surface area (TPSA) is 24.5 Å². The van der Waals surface area contributed by atoms with E-state index >= 15 is 0 Å². The molecule has 2 unspecified atom stereocenters. The number of ether oxygens (including phenoxy) is 1. The maximum Gasteiger partial charge on any atom is 0.0615 e. The quantitative estimate of drug-likeness (QED) is 0.786. The molecule has 0 radical (unpaired) electrons. The highest BCUT2D eigenvalue weighted by Gasteiger charge is 2.41. The van der Waals surface area contributed by atoms with Gasteiger partial charge in [-0.25, -0.2) is 0 Å². The van der Waals surface area contributed by atoms with Gasteiger partial charge in [-0.15, -0.1) is 0 Å². The molecule has 1 saturated carbocycles. The maximum atomic E-state index is 5.30. The van der Waals surface area contributed by atoms with E-state index in [1.54, 1.807) is 7.11 Å². The molecule has 0 amide bonds. The second-order valence-corrected chi connectivity index (χ2v) is 6.09. The lowest BCUT2D eigenvalue weighted by Gasteiger charge is -2.49. The highest BCUT2D eigenvalue weighted by Crippen LogP contribution is 2.36. The van der Waals surface area contributed by atoms with E-state index in [1.165, 1.54) is 19.4 Å². The van der Waals surface area contributed by atoms with E-state index < -0.39 is 0 Å². The average Bonchev–Trinajstić information content (AvgIpc) is 3.01. The van der Waals surface area contributed by atoms with Gasteiger partial charge in [0.05, 0.1) is 6.61 Å². The van der Waals surface area contributed by atoms with Crippen LogP contribution in [0.2, 0.25) is 0 Å². The van der Waals surface area contributed by atoms with Crippen molar-refractivity contribution in [3.8, 4) is 0 Å². The van der Waals surface area contributed by atoms with Crippen LogP contribution in [0.3, 0.4) is 0 Å². The summed E-state index contributed by atoms with van der Waals surface area (Å²) < 4.78 is 5.30. The van der Waals surface area contributed by atoms with Crippen molar-refractivity contribution in [2.45, 2.75) is 51.2 Å². The minimum absolute atomic E-state index is 0.253. The van der Waals surface area contributed by atoms with Crippen LogP contribution in [0.25, 0.3) is 0 Å². The van der Waals surface area contributed by atoms with Crippen LogP contribution in [-0.2, 0) is 4.74 Å². The molecule has 16 heavy (non-hydrogen) atoms. The second kappa shape index (κ2) is 4.63. The van der Waals surface area contributed by atoms with Gasteiger partial charge in [-0.05, 0) is 39.5 Å². The van der Waals surface area contributed by atoms with Crippen LogP contribution in [0.4, 0.5) is 0 Å². The Bertz CT molecular complexity index is 238. The summed E-state index contributed by atoms with van der Waals surface area (Å²) in [4.78, 5) is 2.62. The molecular weight excluding hydrogens is 200 g/mol. The van der Waals surface area contributed by atoms with Crippen LogP contribution in [-0.4, -0.2) is 49.3 Å². The van der Waals surface area contributed by atoms with Crippen molar-refractivity contribution < 1.29 is 4.74 Å². The predicted molar refractivity (Wildman–Crippen MR) is 66.6 cm³/mol. The lowest BCUT2D eigenvalue weighted by molar-refractivity contribution is -0.00307. The van der Waals surface area contributed by atoms with Crippen LogP contribution in [0.1, 0.15) is 33.6 Å². The summed E-state index contributed by atoms with van der Waals surface area (Å²) in [5.41, 5.74) is 0.253. The van der Waals surface area contributed by atoms with Crippen LogP contribution in [0, 0.1) is 5.92 Å². The van der Waals surface area contributed by atoms with Crippen molar-refractivity contribution in [1.82, 2.24) is 10.2 Å². The summed E-state index contributed by atoms with van der Waals surface area (Å²) in [5, 5.41) is 3.72. The predicted octanol–water partition coefficient (Wildman–Crippen LogP) is 1.48. The Labute approximate surface area is 99.5 Å². The molecular formula is C13H26N2O. The van der Waals surface area contributed by atoms with Crippen LogP contribution < -0.4 is 5.32 Å². The van der Waals surface area contributed by atoms with E-state index in [2.05, 4.69) is 31.0 Å². The molecule has 0 aromatic heterocycles. The van der Waals surface area contributed by atoms with Gasteiger partial charge in [-0.1, -0.05) is 0 Å². The van der Waals surface area contributed by atoms with Gasteiger partial charge in [0.25, 0.3) is 0 Å². The Morgan fingerprint density at radius 2 is 2.12 bits per heavy atom. The van der Waals surface area contributed by atoms with Crippen LogP contribution >= 0.6 is 0 Å². The molecule has 2 rings (SSSR count). The Morgan fingerprint density at radius 3 is 2.69 bits per heavy atom. The molecule has 2 fully saturated rings. The van der Waals surface area contributed by atoms with Gasteiger partial charge >= 0.3 is 0 Å². The molecule has 1 aliphatic heterocycles. The first-order chi connectivity index (χ1) is 7.54. The fourth-order valence-corrected chi connectivity index (χ4v) is 2.93. The standard InChI is InChI=1S/C13H26N2O/c1-10(8-16-4)15-7-12(11-5-6-11)14-9-13(15,2)3/h10-12,14H,5-9H2,1-4H3. The van der Waals surface area contributed by atoms with E-state index in [0.717, 1.165) is 19.1 Å². The summed E-state index contributed by atoms with van der Waals surface area (Å²) in [6.45, 7) is 10.1. The molecule has 94 valence electrons. The zero-order chi connectivity index (χ0) is 11.8. The molecule has 3 heteroatoms. The van der Waals surface area contributed by atoms with Gasteiger partial charge in [-0.2, -0.15) is 0 Å². The third kappa shape index (κ3) is 2.58. The van der Waals surface area contributed by atoms with Gasteiger partial charge in [-0.3, -0.25) is 4.90 Å². The normalized spacial score (nSPS) is 32.6. The number of hydrogen-bond acceptors (Lipinski definition) is 3. The maximum absolute atomic E-state index is 5.30. The molecule has 0 spiro atoms. The van der Waals surface area contributed by atoms with Gasteiger partial charge in [0, 0.05) is 37.8 Å². The number of nitrogens with one attached hydrogen (secondary N) is 1. The average molecular weight is 226 g/mol. The fraction of sp³-hybridized carbons (Fsp3) is 1.00. The third-order valence-corrected chi connectivity index (χ3v) is 4.10. The number of rotatable bonds is 4. The minimum atomic E-state index is 0.253. The summed E-state index contributed by atoms with van der Waals surface area (Å²) >= 11 is 0. The van der Waals surface area contributed by atoms with Gasteiger partial charge in [0.15, 0.2) is 0 Å². The van der Waals surface area contributed by atoms with Gasteiger partial charge in [0.1, 0.15) is 0 Å². The molecule has 1 N–H and O–H groups in total. The van der Waals surface area contributed by atoms with Crippen molar-refractivity contribution in [2.75, 3.05) is 26.8 Å². The van der Waals surface area contributed by atoms with Crippen molar-refractivity contribution in [1.29, 1.82) is 0 Å². The highest BCUT2D eigenvalue weighted by atomic mass is 16.5. The molecule has 1 heterocycles. The van der Waals surface area contributed by atoms with Gasteiger partial charge < -0.3 is 10.1 Å². The van der Waals surface area contributed by atoms with Crippen molar-refractivity contribution in [3.05, 3.63) is 0 Å². The SMILES string of the molecule is COCC(C)N1CC(C2CC2)NCC1(C)C. The minimum Gasteiger partial charge on any atom is -0.383 e. The lowest BCUT2D eigenvalue weighted by Crippen LogP contribution is -2.65. The largest absolute Gasteiger partial charge is 0.383 e. The molecule has 2 atom stereocenters. The summed E-state index contributed by atoms with van der Waals surface area (Å²) in [5.74, 6) is 0.938. The van der Waals surface area contributed by atoms with E-state index in [1.807, 2.05) is 0 Å². The van der Waals surface area contributed by atoms with Crippen LogP contribution in [0.5, 0.6) is 0 Å². The number of hydrogen-bond donors (Lipinski definition) is 1. The number of methoxy groups -OCH3 is 1. The van der Waals surface area contributed by atoms with Crippen molar-refractivity contribution in [3.63, 3.8) is 0 Å². The van der Waals surface area contributed by atoms with Crippen LogP contribution in [0.15, 0.2) is 0 Å². The summed E-state index contributed by atoms with van der Waals surface area (Å²) in [7, 11) is 1.80. The smallest absolute Gasteiger partial charge is 0.0615 e. The Balaban J connectivity index is 1.98. The first-order valence-electron chi connectivity index (χ1n) is 6.53. The number of piperazine rings is 1. The Morgan fingerprint density at radius 1 is 1.44 bits per heavy atom. The molecule has 1 saturated heterocycles. The first-order valence-corrected chi connectivity index (χ1v) is 6.53. The fourth-order valence-electron chi connectivity index (χ4n) is 2.93. The first kappa shape index (κ1) is 12.3. The van der Waals surface area contributed by atoms with E-state index in [4.69, 9.17) is 4.74 Å². The molecule has 2 aliphatic rings. The zero-order valence-electron chi connectivity index (χ0n) is 11.1. The Hall–Kier alpha value is -0.120. The van der Waals surface area contributed by atoms with Crippen molar-refractivity contribution >= 4 is 0 Å². The Kier molecular flexibility index (Phi) is 3.57. The van der Waals surface area contributed by atoms with Crippen molar-refractivity contribution in [2.24, 2.45) is 5.92 Å². The molecule has 3 nitrogen and oxygen atoms in total. The van der Waals surface area contributed by atoms with E-state index in [9.17, 15) is 0 Å². The summed E-state index contributed by atoms with van der Waals surface area (Å²) in [6.07, 6.45) is 2.84. The van der Waals surface area contributed by atoms with Gasteiger partial charge in [0.2, 0.25) is 0 Å². The molecule has 1 aliphatic carbocycles. The zero-order valence-corrected chi connectivity index (χ0v) is 11.1. The molecule has 0 aromatic rings. The highest BCUT2D eigenvalue weighted by molar-refractivity contribution is 4.99. The molecule has 0 aromatic carbocycles. The summed E-state index contributed by atoms with van der Waals surface area (Å²) in [6, 6.07) is 1.23. The van der Waals surface area contributed by atoms with E-state index in [-0.39, 0.29) is 5.54 Å². The monoisotopic (exact) mass is 226 g/mol. The lowest BCUT2D eigenvalue weighted by atomic mass is 9.94. The third-order valence-electron chi connectivity index (χ3n) is 4.10. The number of nitrogens with zero attached hydrogens (tertiary/aromatic N) is 1. The molecule has 0 bridgehead atoms. The van der Waals surface area contributed by atoms with E-state index in [0.29, 0.717) is 12.1 Å².